The van der Waals surface area contributed by atoms with Gasteiger partial charge in [0.1, 0.15) is 0 Å². The van der Waals surface area contributed by atoms with Crippen LogP contribution in [0.3, 0.4) is 0 Å². The van der Waals surface area contributed by atoms with Crippen LogP contribution in [0.4, 0.5) is 5.69 Å². The van der Waals surface area contributed by atoms with Gasteiger partial charge in [-0.25, -0.2) is 0 Å². The molecular formula is C14H18N4OS. The summed E-state index contributed by atoms with van der Waals surface area (Å²) in [6, 6.07) is 8.14. The van der Waals surface area contributed by atoms with E-state index in [9.17, 15) is 4.79 Å². The highest BCUT2D eigenvalue weighted by molar-refractivity contribution is 7.98. The van der Waals surface area contributed by atoms with Gasteiger partial charge < -0.3 is 10.6 Å². The van der Waals surface area contributed by atoms with Crippen molar-refractivity contribution in [2.24, 2.45) is 0 Å². The van der Waals surface area contributed by atoms with E-state index in [0.29, 0.717) is 17.9 Å². The summed E-state index contributed by atoms with van der Waals surface area (Å²) in [7, 11) is 1.74. The number of anilines is 1. The van der Waals surface area contributed by atoms with Gasteiger partial charge in [0.15, 0.2) is 5.69 Å². The predicted molar refractivity (Wildman–Crippen MR) is 81.8 cm³/mol. The summed E-state index contributed by atoms with van der Waals surface area (Å²) in [5.41, 5.74) is 8.32. The first kappa shape index (κ1) is 14.5. The van der Waals surface area contributed by atoms with Gasteiger partial charge >= 0.3 is 0 Å². The SMILES string of the molecule is CSc1ccc(CN(C)C(=O)c2n[nH]c(C)c2N)cc1. The Morgan fingerprint density at radius 3 is 2.55 bits per heavy atom. The number of nitrogens with one attached hydrogen (secondary N) is 1. The third-order valence-corrected chi connectivity index (χ3v) is 3.87. The fraction of sp³-hybridized carbons (Fsp3) is 0.286. The molecule has 3 N–H and O–H groups in total. The third-order valence-electron chi connectivity index (χ3n) is 3.12. The summed E-state index contributed by atoms with van der Waals surface area (Å²) < 4.78 is 0. The highest BCUT2D eigenvalue weighted by Gasteiger charge is 2.19. The smallest absolute Gasteiger partial charge is 0.276 e. The van der Waals surface area contributed by atoms with Gasteiger partial charge in [-0.05, 0) is 30.9 Å². The zero-order chi connectivity index (χ0) is 14.7. The second-order valence-electron chi connectivity index (χ2n) is 4.62. The Morgan fingerprint density at radius 2 is 2.05 bits per heavy atom. The van der Waals surface area contributed by atoms with Crippen molar-refractivity contribution in [3.8, 4) is 0 Å². The van der Waals surface area contributed by atoms with Gasteiger partial charge in [0.05, 0.1) is 11.4 Å². The Morgan fingerprint density at radius 1 is 1.40 bits per heavy atom. The molecule has 0 aliphatic heterocycles. The van der Waals surface area contributed by atoms with E-state index in [1.807, 2.05) is 30.5 Å². The van der Waals surface area contributed by atoms with Crippen LogP contribution >= 0.6 is 11.8 Å². The minimum atomic E-state index is -0.180. The molecule has 1 heterocycles. The molecule has 2 aromatic rings. The average molecular weight is 290 g/mol. The number of carbonyl (C=O) groups is 1. The lowest BCUT2D eigenvalue weighted by Crippen LogP contribution is -2.27. The van der Waals surface area contributed by atoms with Crippen molar-refractivity contribution in [2.75, 3.05) is 19.0 Å². The van der Waals surface area contributed by atoms with E-state index in [4.69, 9.17) is 5.73 Å². The highest BCUT2D eigenvalue weighted by atomic mass is 32.2. The maximum atomic E-state index is 12.3. The van der Waals surface area contributed by atoms with E-state index in [1.54, 1.807) is 30.6 Å². The standard InChI is InChI=1S/C14H18N4OS/c1-9-12(15)13(17-16-9)14(19)18(2)8-10-4-6-11(20-3)7-5-10/h4-7H,8,15H2,1-3H3,(H,16,17). The molecule has 0 spiro atoms. The number of aromatic amines is 1. The lowest BCUT2D eigenvalue weighted by molar-refractivity contribution is 0.0780. The van der Waals surface area contributed by atoms with Crippen LogP contribution in [0.25, 0.3) is 0 Å². The highest BCUT2D eigenvalue weighted by Crippen LogP contribution is 2.18. The number of H-pyrrole nitrogens is 1. The second-order valence-corrected chi connectivity index (χ2v) is 5.50. The van der Waals surface area contributed by atoms with Crippen molar-refractivity contribution in [2.45, 2.75) is 18.4 Å². The molecule has 1 aromatic carbocycles. The molecule has 0 bridgehead atoms. The van der Waals surface area contributed by atoms with E-state index in [1.165, 1.54) is 4.90 Å². The van der Waals surface area contributed by atoms with Crippen molar-refractivity contribution < 1.29 is 4.79 Å². The maximum Gasteiger partial charge on any atom is 0.276 e. The molecule has 0 atom stereocenters. The molecule has 0 fully saturated rings. The summed E-state index contributed by atoms with van der Waals surface area (Å²) in [6.45, 7) is 2.32. The normalized spacial score (nSPS) is 10.6. The first-order valence-corrected chi connectivity index (χ1v) is 7.44. The van der Waals surface area contributed by atoms with E-state index in [2.05, 4.69) is 10.2 Å². The number of aromatic nitrogens is 2. The summed E-state index contributed by atoms with van der Waals surface area (Å²) in [5, 5.41) is 6.69. The Bertz CT molecular complexity index is 606. The average Bonchev–Trinajstić information content (AvgIpc) is 2.79. The lowest BCUT2D eigenvalue weighted by Gasteiger charge is -2.16. The number of rotatable bonds is 4. The number of nitrogen functional groups attached to an aromatic ring is 1. The zero-order valence-corrected chi connectivity index (χ0v) is 12.6. The molecule has 0 unspecified atom stereocenters. The van der Waals surface area contributed by atoms with Gasteiger partial charge in [-0.15, -0.1) is 11.8 Å². The summed E-state index contributed by atoms with van der Waals surface area (Å²) in [4.78, 5) is 15.1. The van der Waals surface area contributed by atoms with Crippen LogP contribution in [0, 0.1) is 6.92 Å². The third kappa shape index (κ3) is 2.96. The van der Waals surface area contributed by atoms with Crippen LogP contribution in [0.1, 0.15) is 21.7 Å². The number of carbonyl (C=O) groups excluding carboxylic acids is 1. The van der Waals surface area contributed by atoms with Crippen molar-refractivity contribution in [3.05, 3.63) is 41.2 Å². The largest absolute Gasteiger partial charge is 0.395 e. The number of hydrogen-bond donors (Lipinski definition) is 2. The van der Waals surface area contributed by atoms with Crippen LogP contribution in [0.2, 0.25) is 0 Å². The molecule has 0 saturated heterocycles. The molecular weight excluding hydrogens is 272 g/mol. The molecule has 0 aliphatic carbocycles. The van der Waals surface area contributed by atoms with Gasteiger partial charge in [0.2, 0.25) is 0 Å². The molecule has 6 heteroatoms. The second kappa shape index (κ2) is 6.00. The molecule has 0 saturated carbocycles. The number of aryl methyl sites for hydroxylation is 1. The molecule has 0 radical (unpaired) electrons. The van der Waals surface area contributed by atoms with Crippen LogP contribution in [-0.4, -0.2) is 34.3 Å². The summed E-state index contributed by atoms with van der Waals surface area (Å²) in [6.07, 6.45) is 2.04. The molecule has 1 amide bonds. The number of nitrogens with zero attached hydrogens (tertiary/aromatic N) is 2. The number of hydrogen-bond acceptors (Lipinski definition) is 4. The number of thioether (sulfide) groups is 1. The van der Waals surface area contributed by atoms with Crippen LogP contribution in [0.15, 0.2) is 29.2 Å². The van der Waals surface area contributed by atoms with Crippen molar-refractivity contribution in [1.29, 1.82) is 0 Å². The van der Waals surface area contributed by atoms with E-state index >= 15 is 0 Å². The Labute approximate surface area is 122 Å². The Kier molecular flexibility index (Phi) is 4.34. The Balaban J connectivity index is 2.09. The molecule has 0 aliphatic rings. The summed E-state index contributed by atoms with van der Waals surface area (Å²) >= 11 is 1.69. The lowest BCUT2D eigenvalue weighted by atomic mass is 10.2. The molecule has 20 heavy (non-hydrogen) atoms. The fourth-order valence-corrected chi connectivity index (χ4v) is 2.27. The number of nitrogens with two attached hydrogens (primary N) is 1. The van der Waals surface area contributed by atoms with Gasteiger partial charge in [-0.1, -0.05) is 12.1 Å². The first-order valence-electron chi connectivity index (χ1n) is 6.21. The molecule has 2 rings (SSSR count). The van der Waals surface area contributed by atoms with Crippen LogP contribution < -0.4 is 5.73 Å². The van der Waals surface area contributed by atoms with Crippen LogP contribution in [0.5, 0.6) is 0 Å². The van der Waals surface area contributed by atoms with Crippen LogP contribution in [-0.2, 0) is 6.54 Å². The monoisotopic (exact) mass is 290 g/mol. The van der Waals surface area contributed by atoms with E-state index < -0.39 is 0 Å². The number of benzene rings is 1. The van der Waals surface area contributed by atoms with Gasteiger partial charge in [0.25, 0.3) is 5.91 Å². The quantitative estimate of drug-likeness (QED) is 0.847. The first-order chi connectivity index (χ1) is 9.52. The zero-order valence-electron chi connectivity index (χ0n) is 11.8. The van der Waals surface area contributed by atoms with Crippen molar-refractivity contribution >= 4 is 23.4 Å². The fourth-order valence-electron chi connectivity index (χ4n) is 1.86. The van der Waals surface area contributed by atoms with Gasteiger partial charge in [-0.3, -0.25) is 9.89 Å². The molecule has 1 aromatic heterocycles. The van der Waals surface area contributed by atoms with E-state index in [-0.39, 0.29) is 11.6 Å². The maximum absolute atomic E-state index is 12.3. The van der Waals surface area contributed by atoms with Crippen molar-refractivity contribution in [3.63, 3.8) is 0 Å². The van der Waals surface area contributed by atoms with Gasteiger partial charge in [0, 0.05) is 18.5 Å². The predicted octanol–water partition coefficient (Wildman–Crippen LogP) is 2.29. The minimum Gasteiger partial charge on any atom is -0.395 e. The van der Waals surface area contributed by atoms with Crippen molar-refractivity contribution in [1.82, 2.24) is 15.1 Å². The molecule has 5 nitrogen and oxygen atoms in total. The number of amides is 1. The Hall–Kier alpha value is -1.95. The molecule has 106 valence electrons. The topological polar surface area (TPSA) is 75.0 Å². The summed E-state index contributed by atoms with van der Waals surface area (Å²) in [5.74, 6) is -0.180. The van der Waals surface area contributed by atoms with E-state index in [0.717, 1.165) is 5.56 Å². The van der Waals surface area contributed by atoms with Gasteiger partial charge in [-0.2, -0.15) is 5.10 Å². The minimum absolute atomic E-state index is 0.180.